The van der Waals surface area contributed by atoms with Crippen molar-refractivity contribution in [1.29, 1.82) is 0 Å². The van der Waals surface area contributed by atoms with Crippen molar-refractivity contribution in [2.45, 2.75) is 58.0 Å². The van der Waals surface area contributed by atoms with Crippen LogP contribution in [0.4, 0.5) is 0 Å². The molecular formula is C18H24O3. The fraction of sp³-hybridized carbons (Fsp3) is 0.778. The van der Waals surface area contributed by atoms with Crippen molar-refractivity contribution < 1.29 is 14.7 Å². The zero-order chi connectivity index (χ0) is 14.8. The summed E-state index contributed by atoms with van der Waals surface area (Å²) in [5.74, 6) is 1.59. The Kier molecular flexibility index (Phi) is 2.94. The first kappa shape index (κ1) is 13.7. The Balaban J connectivity index is 1.67. The maximum atomic E-state index is 12.2. The molecule has 3 nitrogen and oxygen atoms in total. The van der Waals surface area contributed by atoms with Gasteiger partial charge in [0, 0.05) is 0 Å². The molecule has 4 rings (SSSR count). The van der Waals surface area contributed by atoms with Crippen LogP contribution in [0.1, 0.15) is 51.9 Å². The van der Waals surface area contributed by atoms with Crippen LogP contribution in [0.15, 0.2) is 11.6 Å². The SMILES string of the molecule is C[C@]12CC[C@H]3[C@@H](CCC4C(O)CCC[C@@H]43)C1=CC(=O)C2=O. The van der Waals surface area contributed by atoms with Crippen molar-refractivity contribution >= 4 is 11.6 Å². The minimum Gasteiger partial charge on any atom is -0.393 e. The summed E-state index contributed by atoms with van der Waals surface area (Å²) in [4.78, 5) is 24.1. The van der Waals surface area contributed by atoms with Crippen LogP contribution in [-0.2, 0) is 9.59 Å². The Morgan fingerprint density at radius 3 is 2.67 bits per heavy atom. The van der Waals surface area contributed by atoms with E-state index in [1.54, 1.807) is 6.08 Å². The van der Waals surface area contributed by atoms with Crippen LogP contribution in [0.25, 0.3) is 0 Å². The summed E-state index contributed by atoms with van der Waals surface area (Å²) in [7, 11) is 0. The van der Waals surface area contributed by atoms with Crippen molar-refractivity contribution in [1.82, 2.24) is 0 Å². The number of fused-ring (bicyclic) bond motifs is 5. The van der Waals surface area contributed by atoms with E-state index in [9.17, 15) is 14.7 Å². The lowest BCUT2D eigenvalue weighted by molar-refractivity contribution is -0.138. The van der Waals surface area contributed by atoms with E-state index < -0.39 is 5.41 Å². The number of aliphatic hydroxyl groups is 1. The fourth-order valence-electron chi connectivity index (χ4n) is 5.90. The Labute approximate surface area is 125 Å². The van der Waals surface area contributed by atoms with Gasteiger partial charge in [-0.1, -0.05) is 6.42 Å². The third-order valence-corrected chi connectivity index (χ3v) is 6.99. The highest BCUT2D eigenvalue weighted by atomic mass is 16.3. The first-order chi connectivity index (χ1) is 10.0. The highest BCUT2D eigenvalue weighted by Crippen LogP contribution is 2.59. The minimum atomic E-state index is -0.502. The molecule has 3 heteroatoms. The molecule has 0 heterocycles. The van der Waals surface area contributed by atoms with Crippen molar-refractivity contribution in [2.75, 3.05) is 0 Å². The zero-order valence-electron chi connectivity index (χ0n) is 12.7. The van der Waals surface area contributed by atoms with Crippen molar-refractivity contribution in [3.05, 3.63) is 11.6 Å². The number of rotatable bonds is 0. The van der Waals surface area contributed by atoms with Crippen LogP contribution in [0, 0.1) is 29.1 Å². The zero-order valence-corrected chi connectivity index (χ0v) is 12.7. The van der Waals surface area contributed by atoms with Gasteiger partial charge in [0.15, 0.2) is 0 Å². The Morgan fingerprint density at radius 1 is 1.05 bits per heavy atom. The molecule has 21 heavy (non-hydrogen) atoms. The molecule has 6 atom stereocenters. The van der Waals surface area contributed by atoms with Crippen LogP contribution in [0.3, 0.4) is 0 Å². The molecule has 0 aromatic heterocycles. The smallest absolute Gasteiger partial charge is 0.222 e. The van der Waals surface area contributed by atoms with Gasteiger partial charge in [-0.2, -0.15) is 0 Å². The minimum absolute atomic E-state index is 0.126. The topological polar surface area (TPSA) is 54.4 Å². The molecule has 114 valence electrons. The molecule has 0 amide bonds. The summed E-state index contributed by atoms with van der Waals surface area (Å²) in [6.07, 6.45) is 8.81. The largest absolute Gasteiger partial charge is 0.393 e. The van der Waals surface area contributed by atoms with Gasteiger partial charge < -0.3 is 5.11 Å². The lowest BCUT2D eigenvalue weighted by Crippen LogP contribution is -2.48. The van der Waals surface area contributed by atoms with E-state index in [2.05, 4.69) is 0 Å². The highest BCUT2D eigenvalue weighted by Gasteiger charge is 2.55. The molecule has 0 saturated heterocycles. The van der Waals surface area contributed by atoms with E-state index >= 15 is 0 Å². The predicted octanol–water partition coefficient (Wildman–Crippen LogP) is 2.67. The monoisotopic (exact) mass is 288 g/mol. The molecule has 4 aliphatic carbocycles. The van der Waals surface area contributed by atoms with Crippen LogP contribution >= 0.6 is 0 Å². The van der Waals surface area contributed by atoms with Crippen LogP contribution in [0.2, 0.25) is 0 Å². The Hall–Kier alpha value is -0.960. The quantitative estimate of drug-likeness (QED) is 0.697. The highest BCUT2D eigenvalue weighted by molar-refractivity contribution is 6.46. The standard InChI is InChI=1S/C18H24O3/c1-18-8-7-11-10-3-2-4-15(19)13(10)6-5-12(11)14(18)9-16(20)17(18)21/h9-13,15,19H,2-8H2,1H3/t10-,11-,12-,13?,15?,18+/m1/s1. The normalized spacial score (nSPS) is 49.2. The van der Waals surface area contributed by atoms with Gasteiger partial charge in [-0.3, -0.25) is 9.59 Å². The second-order valence-corrected chi connectivity index (χ2v) is 7.84. The first-order valence-electron chi connectivity index (χ1n) is 8.51. The van der Waals surface area contributed by atoms with Crippen LogP contribution in [0.5, 0.6) is 0 Å². The molecule has 0 radical (unpaired) electrons. The molecule has 0 spiro atoms. The average molecular weight is 288 g/mol. The van der Waals surface area contributed by atoms with Gasteiger partial charge in [-0.25, -0.2) is 0 Å². The number of hydrogen-bond acceptors (Lipinski definition) is 3. The van der Waals surface area contributed by atoms with E-state index in [4.69, 9.17) is 0 Å². The van der Waals surface area contributed by atoms with Gasteiger partial charge >= 0.3 is 0 Å². The van der Waals surface area contributed by atoms with E-state index in [0.717, 1.165) is 44.1 Å². The Morgan fingerprint density at radius 2 is 1.86 bits per heavy atom. The number of Topliss-reactive ketones (excluding diaryl/α,β-unsaturated/α-hetero) is 1. The van der Waals surface area contributed by atoms with Gasteiger partial charge in [0.2, 0.25) is 11.6 Å². The number of ketones is 2. The number of carbonyl (C=O) groups excluding carboxylic acids is 2. The van der Waals surface area contributed by atoms with Crippen molar-refractivity contribution in [3.8, 4) is 0 Å². The van der Waals surface area contributed by atoms with Crippen molar-refractivity contribution in [3.63, 3.8) is 0 Å². The summed E-state index contributed by atoms with van der Waals surface area (Å²) >= 11 is 0. The van der Waals surface area contributed by atoms with Gasteiger partial charge in [0.25, 0.3) is 0 Å². The molecule has 3 fully saturated rings. The van der Waals surface area contributed by atoms with E-state index in [1.807, 2.05) is 6.92 Å². The molecule has 3 saturated carbocycles. The van der Waals surface area contributed by atoms with Gasteiger partial charge in [-0.15, -0.1) is 0 Å². The average Bonchev–Trinajstić information content (AvgIpc) is 2.71. The van der Waals surface area contributed by atoms with E-state index in [-0.39, 0.29) is 17.7 Å². The Bertz CT molecular complexity index is 535. The van der Waals surface area contributed by atoms with E-state index in [0.29, 0.717) is 23.7 Å². The third-order valence-electron chi connectivity index (χ3n) is 6.99. The summed E-state index contributed by atoms with van der Waals surface area (Å²) in [5, 5.41) is 10.3. The number of aliphatic hydroxyl groups excluding tert-OH is 1. The van der Waals surface area contributed by atoms with Crippen molar-refractivity contribution in [2.24, 2.45) is 29.1 Å². The summed E-state index contributed by atoms with van der Waals surface area (Å²) < 4.78 is 0. The summed E-state index contributed by atoms with van der Waals surface area (Å²) in [6, 6.07) is 0. The maximum Gasteiger partial charge on any atom is 0.222 e. The van der Waals surface area contributed by atoms with Gasteiger partial charge in [0.1, 0.15) is 0 Å². The van der Waals surface area contributed by atoms with Crippen LogP contribution in [-0.4, -0.2) is 22.8 Å². The first-order valence-corrected chi connectivity index (χ1v) is 8.51. The number of hydrogen-bond donors (Lipinski definition) is 1. The second kappa shape index (κ2) is 4.52. The predicted molar refractivity (Wildman–Crippen MR) is 78.5 cm³/mol. The molecule has 4 aliphatic rings. The lowest BCUT2D eigenvalue weighted by Gasteiger charge is -2.52. The molecule has 0 aromatic rings. The molecule has 2 unspecified atom stereocenters. The summed E-state index contributed by atoms with van der Waals surface area (Å²) in [6.45, 7) is 1.98. The van der Waals surface area contributed by atoms with E-state index in [1.165, 1.54) is 6.42 Å². The summed E-state index contributed by atoms with van der Waals surface area (Å²) in [5.41, 5.74) is 0.630. The second-order valence-electron chi connectivity index (χ2n) is 7.84. The lowest BCUT2D eigenvalue weighted by atomic mass is 9.52. The number of allylic oxidation sites excluding steroid dienone is 2. The molecule has 1 N–H and O–H groups in total. The maximum absolute atomic E-state index is 12.2. The number of carbonyl (C=O) groups is 2. The molecule has 0 aliphatic heterocycles. The third kappa shape index (κ3) is 1.76. The fourth-order valence-corrected chi connectivity index (χ4v) is 5.90. The van der Waals surface area contributed by atoms with Crippen LogP contribution < -0.4 is 0 Å². The van der Waals surface area contributed by atoms with Gasteiger partial charge in [0.05, 0.1) is 11.5 Å². The van der Waals surface area contributed by atoms with Gasteiger partial charge in [-0.05, 0) is 80.8 Å². The molecular weight excluding hydrogens is 264 g/mol. The molecule has 0 bridgehead atoms. The molecule has 0 aromatic carbocycles.